The van der Waals surface area contributed by atoms with E-state index in [1.807, 2.05) is 19.9 Å². The summed E-state index contributed by atoms with van der Waals surface area (Å²) in [5, 5.41) is 14.4. The quantitative estimate of drug-likeness (QED) is 0.678. The fraction of sp³-hybridized carbons (Fsp3) is 0.600. The van der Waals surface area contributed by atoms with Crippen LogP contribution in [0.5, 0.6) is 0 Å². The molecule has 1 aliphatic rings. The van der Waals surface area contributed by atoms with Gasteiger partial charge in [-0.25, -0.2) is 0 Å². The molecule has 20 heavy (non-hydrogen) atoms. The average Bonchev–Trinajstić information content (AvgIpc) is 2.41. The van der Waals surface area contributed by atoms with Crippen LogP contribution in [0.15, 0.2) is 12.1 Å². The Labute approximate surface area is 120 Å². The summed E-state index contributed by atoms with van der Waals surface area (Å²) in [4.78, 5) is 13.2. The van der Waals surface area contributed by atoms with E-state index in [4.69, 9.17) is 0 Å². The summed E-state index contributed by atoms with van der Waals surface area (Å²) in [5.41, 5.74) is 2.84. The van der Waals surface area contributed by atoms with E-state index in [1.165, 1.54) is 12.8 Å². The third-order valence-electron chi connectivity index (χ3n) is 4.26. The zero-order valence-electron chi connectivity index (χ0n) is 12.5. The summed E-state index contributed by atoms with van der Waals surface area (Å²) in [6.07, 6.45) is 3.64. The lowest BCUT2D eigenvalue weighted by atomic mass is 10.0. The minimum Gasteiger partial charge on any atom is -0.378 e. The first-order valence-electron chi connectivity index (χ1n) is 7.19. The third kappa shape index (κ3) is 3.28. The van der Waals surface area contributed by atoms with Crippen LogP contribution in [0.4, 0.5) is 11.4 Å². The Hall–Kier alpha value is -1.62. The number of nitro benzene ring substituents is 1. The molecule has 110 valence electrons. The van der Waals surface area contributed by atoms with Gasteiger partial charge in [-0.2, -0.15) is 0 Å². The first-order chi connectivity index (χ1) is 9.49. The Morgan fingerprint density at radius 1 is 1.35 bits per heavy atom. The molecular formula is C15H23N3O2. The molecule has 0 spiro atoms. The van der Waals surface area contributed by atoms with Crippen molar-refractivity contribution in [3.63, 3.8) is 0 Å². The lowest BCUT2D eigenvalue weighted by molar-refractivity contribution is -0.384. The number of rotatable bonds is 4. The normalized spacial score (nSPS) is 19.9. The van der Waals surface area contributed by atoms with Gasteiger partial charge in [-0.15, -0.1) is 0 Å². The van der Waals surface area contributed by atoms with E-state index in [0.717, 1.165) is 30.6 Å². The Morgan fingerprint density at radius 2 is 2.05 bits per heavy atom. The number of nitrogens with one attached hydrogen (secondary N) is 1. The molecule has 1 atom stereocenters. The zero-order valence-corrected chi connectivity index (χ0v) is 12.5. The van der Waals surface area contributed by atoms with E-state index >= 15 is 0 Å². The molecule has 0 bridgehead atoms. The number of benzene rings is 1. The highest BCUT2D eigenvalue weighted by Gasteiger charge is 2.21. The number of nitro groups is 1. The Kier molecular flexibility index (Phi) is 4.60. The van der Waals surface area contributed by atoms with Gasteiger partial charge in [0, 0.05) is 18.7 Å². The van der Waals surface area contributed by atoms with E-state index in [-0.39, 0.29) is 10.6 Å². The average molecular weight is 277 g/mol. The van der Waals surface area contributed by atoms with Crippen LogP contribution in [0.25, 0.3) is 0 Å². The van der Waals surface area contributed by atoms with Gasteiger partial charge in [0.25, 0.3) is 5.69 Å². The summed E-state index contributed by atoms with van der Waals surface area (Å²) in [6, 6.07) is 4.00. The fourth-order valence-electron chi connectivity index (χ4n) is 2.72. The summed E-state index contributed by atoms with van der Waals surface area (Å²) < 4.78 is 0. The van der Waals surface area contributed by atoms with Gasteiger partial charge < -0.3 is 10.2 Å². The molecule has 0 aromatic heterocycles. The van der Waals surface area contributed by atoms with Gasteiger partial charge in [0.15, 0.2) is 0 Å². The van der Waals surface area contributed by atoms with Gasteiger partial charge in [-0.05, 0) is 57.5 Å². The summed E-state index contributed by atoms with van der Waals surface area (Å²) in [7, 11) is 2.13. The molecule has 0 amide bonds. The van der Waals surface area contributed by atoms with Crippen molar-refractivity contribution in [3.05, 3.63) is 33.4 Å². The number of aryl methyl sites for hydroxylation is 2. The van der Waals surface area contributed by atoms with Crippen molar-refractivity contribution < 1.29 is 4.92 Å². The lowest BCUT2D eigenvalue weighted by Crippen LogP contribution is -2.40. The van der Waals surface area contributed by atoms with Crippen molar-refractivity contribution in [3.8, 4) is 0 Å². The number of hydrogen-bond donors (Lipinski definition) is 1. The number of piperidine rings is 1. The van der Waals surface area contributed by atoms with Crippen LogP contribution in [0.1, 0.15) is 30.4 Å². The van der Waals surface area contributed by atoms with E-state index in [9.17, 15) is 10.1 Å². The first-order valence-corrected chi connectivity index (χ1v) is 7.19. The molecule has 1 aromatic carbocycles. The van der Waals surface area contributed by atoms with E-state index < -0.39 is 0 Å². The number of nitrogens with zero attached hydrogens (tertiary/aromatic N) is 2. The van der Waals surface area contributed by atoms with Crippen molar-refractivity contribution in [1.82, 2.24) is 4.90 Å². The monoisotopic (exact) mass is 277 g/mol. The fourth-order valence-corrected chi connectivity index (χ4v) is 2.72. The van der Waals surface area contributed by atoms with Gasteiger partial charge in [-0.1, -0.05) is 6.42 Å². The Bertz CT molecular complexity index is 502. The molecule has 0 aliphatic carbocycles. The summed E-state index contributed by atoms with van der Waals surface area (Å²) >= 11 is 0. The van der Waals surface area contributed by atoms with Crippen LogP contribution in [0.2, 0.25) is 0 Å². The largest absolute Gasteiger partial charge is 0.378 e. The highest BCUT2D eigenvalue weighted by Crippen LogP contribution is 2.28. The molecule has 0 saturated carbocycles. The molecule has 5 heteroatoms. The first kappa shape index (κ1) is 14.8. The highest BCUT2D eigenvalue weighted by molar-refractivity contribution is 5.64. The molecule has 2 rings (SSSR count). The molecule has 1 aromatic rings. The molecule has 1 aliphatic heterocycles. The minimum absolute atomic E-state index is 0.173. The second-order valence-corrected chi connectivity index (χ2v) is 5.72. The second kappa shape index (κ2) is 6.22. The maximum absolute atomic E-state index is 11.2. The molecular weight excluding hydrogens is 254 g/mol. The summed E-state index contributed by atoms with van der Waals surface area (Å²) in [5.74, 6) is 0. The topological polar surface area (TPSA) is 58.4 Å². The van der Waals surface area contributed by atoms with Crippen LogP contribution in [0.3, 0.4) is 0 Å². The number of likely N-dealkylation sites (tertiary alicyclic amines) is 1. The van der Waals surface area contributed by atoms with Crippen LogP contribution in [-0.2, 0) is 0 Å². The number of anilines is 1. The van der Waals surface area contributed by atoms with Crippen molar-refractivity contribution >= 4 is 11.4 Å². The highest BCUT2D eigenvalue weighted by atomic mass is 16.6. The molecule has 1 saturated heterocycles. The van der Waals surface area contributed by atoms with Crippen molar-refractivity contribution in [2.24, 2.45) is 0 Å². The predicted octanol–water partition coefficient (Wildman–Crippen LogP) is 3.11. The van der Waals surface area contributed by atoms with Gasteiger partial charge in [-0.3, -0.25) is 10.1 Å². The maximum Gasteiger partial charge on any atom is 0.292 e. The molecule has 1 heterocycles. The predicted molar refractivity (Wildman–Crippen MR) is 81.3 cm³/mol. The number of likely N-dealkylation sites (N-methyl/N-ethyl adjacent to an activating group) is 1. The standard InChI is InChI=1S/C15H23N3O2/c1-11-8-14(15(18(19)20)9-12(11)2)16-10-13-6-4-5-7-17(13)3/h8-9,13,16H,4-7,10H2,1-3H3. The van der Waals surface area contributed by atoms with Gasteiger partial charge in [0.2, 0.25) is 0 Å². The van der Waals surface area contributed by atoms with Crippen LogP contribution in [-0.4, -0.2) is 36.0 Å². The third-order valence-corrected chi connectivity index (χ3v) is 4.26. The Balaban J connectivity index is 2.12. The van der Waals surface area contributed by atoms with E-state index in [2.05, 4.69) is 17.3 Å². The van der Waals surface area contributed by atoms with Crippen molar-refractivity contribution in [2.75, 3.05) is 25.5 Å². The molecule has 5 nitrogen and oxygen atoms in total. The van der Waals surface area contributed by atoms with Crippen molar-refractivity contribution in [2.45, 2.75) is 39.2 Å². The maximum atomic E-state index is 11.2. The van der Waals surface area contributed by atoms with Crippen LogP contribution in [0, 0.1) is 24.0 Å². The Morgan fingerprint density at radius 3 is 2.70 bits per heavy atom. The second-order valence-electron chi connectivity index (χ2n) is 5.72. The zero-order chi connectivity index (χ0) is 14.7. The van der Waals surface area contributed by atoms with Crippen LogP contribution >= 0.6 is 0 Å². The molecule has 0 radical (unpaired) electrons. The molecule has 1 N–H and O–H groups in total. The van der Waals surface area contributed by atoms with Gasteiger partial charge in [0.1, 0.15) is 5.69 Å². The number of hydrogen-bond acceptors (Lipinski definition) is 4. The molecule has 1 unspecified atom stereocenters. The van der Waals surface area contributed by atoms with Crippen molar-refractivity contribution in [1.29, 1.82) is 0 Å². The SMILES string of the molecule is Cc1cc(NCC2CCCCN2C)c([N+](=O)[O-])cc1C. The van der Waals surface area contributed by atoms with Gasteiger partial charge >= 0.3 is 0 Å². The van der Waals surface area contributed by atoms with E-state index in [0.29, 0.717) is 11.7 Å². The molecule has 1 fully saturated rings. The van der Waals surface area contributed by atoms with E-state index in [1.54, 1.807) is 6.07 Å². The van der Waals surface area contributed by atoms with Gasteiger partial charge in [0.05, 0.1) is 4.92 Å². The lowest BCUT2D eigenvalue weighted by Gasteiger charge is -2.32. The summed E-state index contributed by atoms with van der Waals surface area (Å²) in [6.45, 7) is 5.76. The smallest absolute Gasteiger partial charge is 0.292 e. The van der Waals surface area contributed by atoms with Crippen LogP contribution < -0.4 is 5.32 Å². The minimum atomic E-state index is -0.306.